The van der Waals surface area contributed by atoms with E-state index in [0.29, 0.717) is 19.1 Å². The van der Waals surface area contributed by atoms with Gasteiger partial charge in [-0.1, -0.05) is 35.0 Å². The molecule has 0 radical (unpaired) electrons. The fourth-order valence-corrected chi connectivity index (χ4v) is 1.97. The molecular weight excluding hydrogens is 278 g/mol. The lowest BCUT2D eigenvalue weighted by atomic mass is 10.1. The Morgan fingerprint density at radius 1 is 1.18 bits per heavy atom. The Labute approximate surface area is 110 Å². The Bertz CT molecular complexity index is 513. The first-order valence-electron chi connectivity index (χ1n) is 5.71. The predicted molar refractivity (Wildman–Crippen MR) is 75.4 cm³/mol. The largest absolute Gasteiger partial charge is 0.493 e. The maximum Gasteiger partial charge on any atom is 0.119 e. The third-order valence-corrected chi connectivity index (χ3v) is 3.20. The molecule has 2 aromatic rings. The van der Waals surface area contributed by atoms with E-state index in [1.807, 2.05) is 12.1 Å². The van der Waals surface area contributed by atoms with E-state index in [9.17, 15) is 0 Å². The van der Waals surface area contributed by atoms with Crippen LogP contribution < -0.4 is 10.5 Å². The Kier molecular flexibility index (Phi) is 4.02. The van der Waals surface area contributed by atoms with Crippen LogP contribution in [0, 0.1) is 5.92 Å². The summed E-state index contributed by atoms with van der Waals surface area (Å²) in [5, 5.41) is 2.39. The Balaban J connectivity index is 2.17. The van der Waals surface area contributed by atoms with Crippen molar-refractivity contribution in [3.05, 3.63) is 40.9 Å². The third-order valence-electron chi connectivity index (χ3n) is 2.71. The first kappa shape index (κ1) is 12.4. The van der Waals surface area contributed by atoms with Gasteiger partial charge >= 0.3 is 0 Å². The van der Waals surface area contributed by atoms with Crippen molar-refractivity contribution in [2.45, 2.75) is 6.92 Å². The summed E-state index contributed by atoms with van der Waals surface area (Å²) >= 11 is 3.46. The zero-order chi connectivity index (χ0) is 12.3. The molecule has 1 unspecified atom stereocenters. The number of benzene rings is 2. The van der Waals surface area contributed by atoms with Gasteiger partial charge in [-0.15, -0.1) is 0 Å². The summed E-state index contributed by atoms with van der Waals surface area (Å²) in [6.07, 6.45) is 0. The molecule has 0 aliphatic heterocycles. The van der Waals surface area contributed by atoms with E-state index in [-0.39, 0.29) is 0 Å². The summed E-state index contributed by atoms with van der Waals surface area (Å²) in [6.45, 7) is 3.40. The summed E-state index contributed by atoms with van der Waals surface area (Å²) in [6, 6.07) is 12.3. The third kappa shape index (κ3) is 3.20. The van der Waals surface area contributed by atoms with E-state index in [2.05, 4.69) is 47.1 Å². The van der Waals surface area contributed by atoms with E-state index in [4.69, 9.17) is 10.5 Å². The second-order valence-electron chi connectivity index (χ2n) is 4.31. The minimum absolute atomic E-state index is 0.385. The number of fused-ring (bicyclic) bond motifs is 1. The molecule has 0 aliphatic rings. The normalized spacial score (nSPS) is 12.6. The topological polar surface area (TPSA) is 35.2 Å². The number of rotatable bonds is 4. The van der Waals surface area contributed by atoms with Gasteiger partial charge in [0.2, 0.25) is 0 Å². The molecule has 90 valence electrons. The highest BCUT2D eigenvalue weighted by atomic mass is 79.9. The highest BCUT2D eigenvalue weighted by Crippen LogP contribution is 2.24. The Morgan fingerprint density at radius 2 is 1.88 bits per heavy atom. The van der Waals surface area contributed by atoms with Crippen LogP contribution in [0.5, 0.6) is 5.75 Å². The minimum atomic E-state index is 0.385. The molecule has 0 spiro atoms. The molecule has 0 bridgehead atoms. The van der Waals surface area contributed by atoms with Gasteiger partial charge < -0.3 is 10.5 Å². The van der Waals surface area contributed by atoms with Crippen LogP contribution in [-0.2, 0) is 0 Å². The molecule has 0 heterocycles. The van der Waals surface area contributed by atoms with Crippen LogP contribution in [0.3, 0.4) is 0 Å². The maximum atomic E-state index is 5.71. The van der Waals surface area contributed by atoms with Crippen molar-refractivity contribution in [3.8, 4) is 5.75 Å². The van der Waals surface area contributed by atoms with Gasteiger partial charge in [-0.05, 0) is 41.6 Å². The van der Waals surface area contributed by atoms with Crippen LogP contribution in [0.4, 0.5) is 0 Å². The zero-order valence-corrected chi connectivity index (χ0v) is 11.4. The lowest BCUT2D eigenvalue weighted by Crippen LogP contribution is -2.18. The standard InChI is InChI=1S/C14H16BrNO/c1-10(8-16)9-17-14-5-3-11-6-13(15)4-2-12(11)7-14/h2-7,10H,8-9,16H2,1H3. The molecule has 2 N–H and O–H groups in total. The average molecular weight is 294 g/mol. The number of hydrogen-bond acceptors (Lipinski definition) is 2. The van der Waals surface area contributed by atoms with Gasteiger partial charge in [0.05, 0.1) is 6.61 Å². The predicted octanol–water partition coefficient (Wildman–Crippen LogP) is 3.58. The number of hydrogen-bond donors (Lipinski definition) is 1. The van der Waals surface area contributed by atoms with Crippen molar-refractivity contribution in [2.75, 3.05) is 13.2 Å². The molecule has 0 fully saturated rings. The fourth-order valence-electron chi connectivity index (χ4n) is 1.59. The summed E-state index contributed by atoms with van der Waals surface area (Å²) in [4.78, 5) is 0. The maximum absolute atomic E-state index is 5.71. The molecule has 2 aromatic carbocycles. The van der Waals surface area contributed by atoms with Crippen molar-refractivity contribution >= 4 is 26.7 Å². The lowest BCUT2D eigenvalue weighted by Gasteiger charge is -2.11. The molecule has 3 heteroatoms. The zero-order valence-electron chi connectivity index (χ0n) is 9.82. The molecule has 0 amide bonds. The van der Waals surface area contributed by atoms with Crippen molar-refractivity contribution in [1.29, 1.82) is 0 Å². The lowest BCUT2D eigenvalue weighted by molar-refractivity contribution is 0.264. The summed E-state index contributed by atoms with van der Waals surface area (Å²) in [7, 11) is 0. The number of halogens is 1. The average Bonchev–Trinajstić information content (AvgIpc) is 2.35. The van der Waals surface area contributed by atoms with Crippen LogP contribution >= 0.6 is 15.9 Å². The van der Waals surface area contributed by atoms with Crippen molar-refractivity contribution < 1.29 is 4.74 Å². The SMILES string of the molecule is CC(CN)COc1ccc2cc(Br)ccc2c1. The van der Waals surface area contributed by atoms with E-state index in [1.165, 1.54) is 10.8 Å². The minimum Gasteiger partial charge on any atom is -0.493 e. The molecule has 0 aromatic heterocycles. The molecule has 0 aliphatic carbocycles. The van der Waals surface area contributed by atoms with E-state index in [1.54, 1.807) is 0 Å². The van der Waals surface area contributed by atoms with Gasteiger partial charge in [0.15, 0.2) is 0 Å². The van der Waals surface area contributed by atoms with Crippen molar-refractivity contribution in [2.24, 2.45) is 11.7 Å². The van der Waals surface area contributed by atoms with E-state index >= 15 is 0 Å². The van der Waals surface area contributed by atoms with Crippen molar-refractivity contribution in [1.82, 2.24) is 0 Å². The van der Waals surface area contributed by atoms with Gasteiger partial charge in [0, 0.05) is 10.4 Å². The molecule has 1 atom stereocenters. The fraction of sp³-hybridized carbons (Fsp3) is 0.286. The summed E-state index contributed by atoms with van der Waals surface area (Å²) < 4.78 is 6.80. The van der Waals surface area contributed by atoms with Gasteiger partial charge in [0.25, 0.3) is 0 Å². The first-order chi connectivity index (χ1) is 8.19. The van der Waals surface area contributed by atoms with Gasteiger partial charge in [-0.3, -0.25) is 0 Å². The van der Waals surface area contributed by atoms with Gasteiger partial charge in [-0.2, -0.15) is 0 Å². The van der Waals surface area contributed by atoms with Gasteiger partial charge in [0.1, 0.15) is 5.75 Å². The monoisotopic (exact) mass is 293 g/mol. The Hall–Kier alpha value is -1.06. The quantitative estimate of drug-likeness (QED) is 0.935. The molecule has 0 saturated carbocycles. The van der Waals surface area contributed by atoms with Crippen LogP contribution in [0.25, 0.3) is 10.8 Å². The summed E-state index contributed by atoms with van der Waals surface area (Å²) in [5.74, 6) is 1.29. The molecule has 2 rings (SSSR count). The van der Waals surface area contributed by atoms with E-state index in [0.717, 1.165) is 10.2 Å². The second-order valence-corrected chi connectivity index (χ2v) is 5.22. The van der Waals surface area contributed by atoms with Gasteiger partial charge in [-0.25, -0.2) is 0 Å². The van der Waals surface area contributed by atoms with Crippen LogP contribution in [0.2, 0.25) is 0 Å². The molecular formula is C14H16BrNO. The highest BCUT2D eigenvalue weighted by Gasteiger charge is 2.02. The Morgan fingerprint density at radius 3 is 2.65 bits per heavy atom. The number of nitrogens with two attached hydrogens (primary N) is 1. The van der Waals surface area contributed by atoms with Crippen LogP contribution in [-0.4, -0.2) is 13.2 Å². The van der Waals surface area contributed by atoms with Crippen LogP contribution in [0.15, 0.2) is 40.9 Å². The second kappa shape index (κ2) is 5.52. The van der Waals surface area contributed by atoms with E-state index < -0.39 is 0 Å². The van der Waals surface area contributed by atoms with Crippen LogP contribution in [0.1, 0.15) is 6.92 Å². The molecule has 2 nitrogen and oxygen atoms in total. The first-order valence-corrected chi connectivity index (χ1v) is 6.50. The van der Waals surface area contributed by atoms with Crippen molar-refractivity contribution in [3.63, 3.8) is 0 Å². The smallest absolute Gasteiger partial charge is 0.119 e. The highest BCUT2D eigenvalue weighted by molar-refractivity contribution is 9.10. The summed E-state index contributed by atoms with van der Waals surface area (Å²) in [5.41, 5.74) is 5.56. The number of ether oxygens (including phenoxy) is 1. The molecule has 17 heavy (non-hydrogen) atoms. The molecule has 0 saturated heterocycles.